The van der Waals surface area contributed by atoms with Gasteiger partial charge < -0.3 is 4.98 Å². The Morgan fingerprint density at radius 2 is 1.37 bits per heavy atom. The van der Waals surface area contributed by atoms with Gasteiger partial charge in [-0.05, 0) is 24.1 Å². The van der Waals surface area contributed by atoms with Crippen molar-refractivity contribution in [1.29, 1.82) is 0 Å². The Morgan fingerprint density at radius 3 is 2.07 bits per heavy atom. The van der Waals surface area contributed by atoms with Gasteiger partial charge in [-0.3, -0.25) is 4.79 Å². The van der Waals surface area contributed by atoms with Gasteiger partial charge in [0.15, 0.2) is 0 Å². The largest absolute Gasteiger partial charge is 0.328 e. The molecule has 144 valence electrons. The molecule has 0 aliphatic heterocycles. The number of benzene rings is 3. The molecular formula is C27H20N2O. The first-order valence-electron chi connectivity index (χ1n) is 9.95. The molecule has 2 aromatic heterocycles. The predicted octanol–water partition coefficient (Wildman–Crippen LogP) is 6.23. The van der Waals surface area contributed by atoms with Crippen LogP contribution in [0.2, 0.25) is 0 Å². The Hall–Kier alpha value is -3.98. The number of H-pyrrole nitrogens is 1. The van der Waals surface area contributed by atoms with Gasteiger partial charge in [0, 0.05) is 22.9 Å². The van der Waals surface area contributed by atoms with Gasteiger partial charge in [0.25, 0.3) is 5.56 Å². The Labute approximate surface area is 174 Å². The number of aromatic amines is 1. The second-order valence-corrected chi connectivity index (χ2v) is 7.41. The summed E-state index contributed by atoms with van der Waals surface area (Å²) in [6.07, 6.45) is 1.77. The van der Waals surface area contributed by atoms with Crippen molar-refractivity contribution in [3.05, 3.63) is 113 Å². The molecule has 0 aliphatic rings. The standard InChI is InChI=1S/C27H20N2O/c1-18-9-8-14-21(15-18)24-17-28-27(30)23-16-22(19-10-4-2-5-11-19)25(29-26(23)24)20-12-6-3-7-13-20/h2-17H,1H3,(H,28,30). The maximum Gasteiger partial charge on any atom is 0.257 e. The fourth-order valence-corrected chi connectivity index (χ4v) is 3.86. The number of hydrogen-bond acceptors (Lipinski definition) is 2. The number of nitrogens with one attached hydrogen (secondary N) is 1. The summed E-state index contributed by atoms with van der Waals surface area (Å²) in [6.45, 7) is 2.06. The topological polar surface area (TPSA) is 45.8 Å². The van der Waals surface area contributed by atoms with Crippen molar-refractivity contribution in [2.24, 2.45) is 0 Å². The zero-order valence-electron chi connectivity index (χ0n) is 16.6. The minimum Gasteiger partial charge on any atom is -0.328 e. The average Bonchev–Trinajstić information content (AvgIpc) is 2.80. The molecule has 0 radical (unpaired) electrons. The third-order valence-corrected chi connectivity index (χ3v) is 5.33. The van der Waals surface area contributed by atoms with E-state index in [4.69, 9.17) is 4.98 Å². The predicted molar refractivity (Wildman–Crippen MR) is 123 cm³/mol. The highest BCUT2D eigenvalue weighted by Crippen LogP contribution is 2.35. The van der Waals surface area contributed by atoms with Gasteiger partial charge in [-0.1, -0.05) is 90.5 Å². The van der Waals surface area contributed by atoms with Crippen LogP contribution in [0.1, 0.15) is 5.56 Å². The van der Waals surface area contributed by atoms with Gasteiger partial charge in [-0.25, -0.2) is 4.98 Å². The minimum atomic E-state index is -0.134. The molecule has 3 nitrogen and oxygen atoms in total. The fourth-order valence-electron chi connectivity index (χ4n) is 3.86. The Balaban J connectivity index is 1.88. The van der Waals surface area contributed by atoms with Crippen LogP contribution in [0.25, 0.3) is 44.4 Å². The fraction of sp³-hybridized carbons (Fsp3) is 0.0370. The van der Waals surface area contributed by atoms with Crippen molar-refractivity contribution in [1.82, 2.24) is 9.97 Å². The lowest BCUT2D eigenvalue weighted by Gasteiger charge is -2.13. The van der Waals surface area contributed by atoms with Crippen LogP contribution in [-0.2, 0) is 0 Å². The first-order chi connectivity index (χ1) is 14.7. The van der Waals surface area contributed by atoms with Gasteiger partial charge in [0.05, 0.1) is 16.6 Å². The third kappa shape index (κ3) is 3.20. The van der Waals surface area contributed by atoms with Crippen LogP contribution in [0.15, 0.2) is 102 Å². The molecule has 30 heavy (non-hydrogen) atoms. The summed E-state index contributed by atoms with van der Waals surface area (Å²) >= 11 is 0. The molecule has 5 aromatic rings. The van der Waals surface area contributed by atoms with E-state index in [1.54, 1.807) is 6.20 Å². The van der Waals surface area contributed by atoms with Crippen molar-refractivity contribution >= 4 is 10.9 Å². The zero-order valence-corrected chi connectivity index (χ0v) is 16.6. The lowest BCUT2D eigenvalue weighted by Crippen LogP contribution is -2.08. The lowest BCUT2D eigenvalue weighted by atomic mass is 9.96. The maximum atomic E-state index is 12.8. The molecule has 0 aliphatic carbocycles. The molecular weight excluding hydrogens is 368 g/mol. The number of fused-ring (bicyclic) bond motifs is 1. The summed E-state index contributed by atoms with van der Waals surface area (Å²) in [6, 6.07) is 30.4. The van der Waals surface area contributed by atoms with E-state index in [-0.39, 0.29) is 5.56 Å². The van der Waals surface area contributed by atoms with Crippen LogP contribution in [0.4, 0.5) is 0 Å². The first kappa shape index (κ1) is 18.1. The SMILES string of the molecule is Cc1cccc(-c2c[nH]c(=O)c3cc(-c4ccccc4)c(-c4ccccc4)nc23)c1. The molecule has 2 heterocycles. The summed E-state index contributed by atoms with van der Waals surface area (Å²) in [7, 11) is 0. The Bertz CT molecular complexity index is 1400. The molecule has 3 aromatic carbocycles. The highest BCUT2D eigenvalue weighted by Gasteiger charge is 2.16. The van der Waals surface area contributed by atoms with Gasteiger partial charge in [0.1, 0.15) is 0 Å². The first-order valence-corrected chi connectivity index (χ1v) is 9.95. The van der Waals surface area contributed by atoms with Gasteiger partial charge in [-0.15, -0.1) is 0 Å². The van der Waals surface area contributed by atoms with E-state index in [2.05, 4.69) is 42.2 Å². The molecule has 0 saturated carbocycles. The molecule has 0 bridgehead atoms. The van der Waals surface area contributed by atoms with E-state index in [9.17, 15) is 4.79 Å². The normalized spacial score (nSPS) is 11.0. The van der Waals surface area contributed by atoms with Crippen molar-refractivity contribution < 1.29 is 0 Å². The van der Waals surface area contributed by atoms with Crippen molar-refractivity contribution in [2.45, 2.75) is 6.92 Å². The van der Waals surface area contributed by atoms with Crippen LogP contribution in [0, 0.1) is 6.92 Å². The number of aromatic nitrogens is 2. The summed E-state index contributed by atoms with van der Waals surface area (Å²) in [5.74, 6) is 0. The summed E-state index contributed by atoms with van der Waals surface area (Å²) in [5.41, 5.74) is 7.57. The van der Waals surface area contributed by atoms with Gasteiger partial charge in [-0.2, -0.15) is 0 Å². The third-order valence-electron chi connectivity index (χ3n) is 5.33. The number of hydrogen-bond donors (Lipinski definition) is 1. The summed E-state index contributed by atoms with van der Waals surface area (Å²) in [5, 5.41) is 0.590. The van der Waals surface area contributed by atoms with Crippen LogP contribution >= 0.6 is 0 Å². The quantitative estimate of drug-likeness (QED) is 0.398. The molecule has 0 spiro atoms. The van der Waals surface area contributed by atoms with Crippen LogP contribution in [0.3, 0.4) is 0 Å². The van der Waals surface area contributed by atoms with E-state index in [1.807, 2.05) is 60.7 Å². The van der Waals surface area contributed by atoms with E-state index in [1.165, 1.54) is 0 Å². The number of pyridine rings is 2. The molecule has 0 unspecified atom stereocenters. The molecule has 0 amide bonds. The van der Waals surface area contributed by atoms with Crippen LogP contribution in [0.5, 0.6) is 0 Å². The van der Waals surface area contributed by atoms with E-state index >= 15 is 0 Å². The summed E-state index contributed by atoms with van der Waals surface area (Å²) in [4.78, 5) is 20.7. The number of nitrogens with zero attached hydrogens (tertiary/aromatic N) is 1. The van der Waals surface area contributed by atoms with E-state index in [0.29, 0.717) is 10.9 Å². The van der Waals surface area contributed by atoms with Crippen molar-refractivity contribution in [2.75, 3.05) is 0 Å². The monoisotopic (exact) mass is 388 g/mol. The smallest absolute Gasteiger partial charge is 0.257 e. The molecule has 1 N–H and O–H groups in total. The van der Waals surface area contributed by atoms with E-state index in [0.717, 1.165) is 39.1 Å². The van der Waals surface area contributed by atoms with Crippen molar-refractivity contribution in [3.8, 4) is 33.5 Å². The zero-order chi connectivity index (χ0) is 20.5. The molecule has 0 saturated heterocycles. The Morgan fingerprint density at radius 1 is 0.700 bits per heavy atom. The number of aryl methyl sites for hydroxylation is 1. The van der Waals surface area contributed by atoms with E-state index < -0.39 is 0 Å². The molecule has 0 atom stereocenters. The minimum absolute atomic E-state index is 0.134. The van der Waals surface area contributed by atoms with Gasteiger partial charge in [0.2, 0.25) is 0 Å². The summed E-state index contributed by atoms with van der Waals surface area (Å²) < 4.78 is 0. The molecule has 3 heteroatoms. The van der Waals surface area contributed by atoms with Crippen molar-refractivity contribution in [3.63, 3.8) is 0 Å². The molecule has 5 rings (SSSR count). The Kier molecular flexibility index (Phi) is 4.49. The van der Waals surface area contributed by atoms with Crippen LogP contribution < -0.4 is 5.56 Å². The highest BCUT2D eigenvalue weighted by molar-refractivity contribution is 5.98. The average molecular weight is 388 g/mol. The second kappa shape index (κ2) is 7.45. The van der Waals surface area contributed by atoms with Crippen LogP contribution in [-0.4, -0.2) is 9.97 Å². The maximum absolute atomic E-state index is 12.8. The lowest BCUT2D eigenvalue weighted by molar-refractivity contribution is 1.26. The number of rotatable bonds is 3. The van der Waals surface area contributed by atoms with Gasteiger partial charge >= 0.3 is 0 Å². The highest BCUT2D eigenvalue weighted by atomic mass is 16.1. The molecule has 0 fully saturated rings. The second-order valence-electron chi connectivity index (χ2n) is 7.41.